The van der Waals surface area contributed by atoms with Gasteiger partial charge in [0.25, 0.3) is 0 Å². The average Bonchev–Trinajstić information content (AvgIpc) is 3.24. The van der Waals surface area contributed by atoms with Crippen LogP contribution in [0.1, 0.15) is 4.88 Å². The highest BCUT2D eigenvalue weighted by atomic mass is 35.5. The van der Waals surface area contributed by atoms with E-state index in [1.54, 1.807) is 11.3 Å². The van der Waals surface area contributed by atoms with Crippen LogP contribution in [0.15, 0.2) is 46.9 Å². The maximum absolute atomic E-state index is 12.0. The maximum atomic E-state index is 12.0. The number of benzene rings is 1. The minimum Gasteiger partial charge on any atom is -0.355 e. The van der Waals surface area contributed by atoms with E-state index in [4.69, 9.17) is 11.6 Å². The summed E-state index contributed by atoms with van der Waals surface area (Å²) in [6.45, 7) is 0.642. The molecule has 0 saturated heterocycles. The number of aromatic nitrogens is 3. The Kier molecular flexibility index (Phi) is 6.12. The summed E-state index contributed by atoms with van der Waals surface area (Å²) in [4.78, 5) is 13.2. The smallest absolute Gasteiger partial charge is 0.230 e. The second-order valence-electron chi connectivity index (χ2n) is 5.31. The van der Waals surface area contributed by atoms with Gasteiger partial charge < -0.3 is 9.88 Å². The molecule has 3 rings (SSSR count). The molecule has 25 heavy (non-hydrogen) atoms. The fourth-order valence-corrected chi connectivity index (χ4v) is 3.95. The molecular formula is C17H17ClN4OS2. The third-order valence-corrected chi connectivity index (χ3v) is 5.84. The van der Waals surface area contributed by atoms with Crippen LogP contribution in [0.3, 0.4) is 0 Å². The number of hydrogen-bond donors (Lipinski definition) is 1. The second kappa shape index (κ2) is 8.51. The van der Waals surface area contributed by atoms with Gasteiger partial charge in [-0.15, -0.1) is 21.5 Å². The highest BCUT2D eigenvalue weighted by molar-refractivity contribution is 7.99. The molecule has 0 saturated carbocycles. The molecular weight excluding hydrogens is 376 g/mol. The first-order valence-electron chi connectivity index (χ1n) is 7.71. The molecule has 2 aromatic heterocycles. The first-order chi connectivity index (χ1) is 12.1. The van der Waals surface area contributed by atoms with E-state index in [9.17, 15) is 4.79 Å². The first kappa shape index (κ1) is 18.0. The number of carbonyl (C=O) groups is 1. The van der Waals surface area contributed by atoms with Crippen LogP contribution < -0.4 is 5.32 Å². The molecule has 0 unspecified atom stereocenters. The summed E-state index contributed by atoms with van der Waals surface area (Å²) in [5.74, 6) is 0.980. The van der Waals surface area contributed by atoms with E-state index < -0.39 is 0 Å². The number of rotatable bonds is 7. The molecule has 8 heteroatoms. The summed E-state index contributed by atoms with van der Waals surface area (Å²) in [6, 6.07) is 11.6. The van der Waals surface area contributed by atoms with Crippen molar-refractivity contribution in [2.24, 2.45) is 7.05 Å². The van der Waals surface area contributed by atoms with Crippen LogP contribution in [0, 0.1) is 0 Å². The lowest BCUT2D eigenvalue weighted by Gasteiger charge is -2.06. The van der Waals surface area contributed by atoms with Crippen molar-refractivity contribution in [1.82, 2.24) is 20.1 Å². The summed E-state index contributed by atoms with van der Waals surface area (Å²) < 4.78 is 1.85. The molecule has 5 nitrogen and oxygen atoms in total. The fraction of sp³-hybridized carbons (Fsp3) is 0.235. The van der Waals surface area contributed by atoms with E-state index >= 15 is 0 Å². The van der Waals surface area contributed by atoms with Crippen molar-refractivity contribution in [2.45, 2.75) is 11.6 Å². The molecule has 0 bridgehead atoms. The van der Waals surface area contributed by atoms with Gasteiger partial charge in [0.2, 0.25) is 5.91 Å². The SMILES string of the molecule is Cn1c(SCC(=O)NCCc2cccs2)nnc1-c1ccccc1Cl. The molecule has 0 aliphatic carbocycles. The van der Waals surface area contributed by atoms with Crippen LogP contribution in [0.5, 0.6) is 0 Å². The quantitative estimate of drug-likeness (QED) is 0.623. The minimum absolute atomic E-state index is 0.0103. The fourth-order valence-electron chi connectivity index (χ4n) is 2.28. The number of thioether (sulfide) groups is 1. The van der Waals surface area contributed by atoms with E-state index in [0.29, 0.717) is 28.3 Å². The van der Waals surface area contributed by atoms with E-state index in [-0.39, 0.29) is 5.91 Å². The molecule has 1 N–H and O–H groups in total. The first-order valence-corrected chi connectivity index (χ1v) is 9.95. The summed E-state index contributed by atoms with van der Waals surface area (Å²) in [6.07, 6.45) is 0.856. The van der Waals surface area contributed by atoms with Crippen LogP contribution in [-0.4, -0.2) is 33.0 Å². The number of hydrogen-bond acceptors (Lipinski definition) is 5. The van der Waals surface area contributed by atoms with Crippen molar-refractivity contribution < 1.29 is 4.79 Å². The highest BCUT2D eigenvalue weighted by Gasteiger charge is 2.14. The zero-order valence-electron chi connectivity index (χ0n) is 13.6. The highest BCUT2D eigenvalue weighted by Crippen LogP contribution is 2.28. The third-order valence-electron chi connectivity index (χ3n) is 3.56. The average molecular weight is 393 g/mol. The Hall–Kier alpha value is -1.83. The summed E-state index contributed by atoms with van der Waals surface area (Å²) >= 11 is 9.28. The maximum Gasteiger partial charge on any atom is 0.230 e. The Labute approximate surface area is 159 Å². The molecule has 130 valence electrons. The van der Waals surface area contributed by atoms with E-state index in [2.05, 4.69) is 21.6 Å². The molecule has 1 aromatic carbocycles. The van der Waals surface area contributed by atoms with Gasteiger partial charge in [0.1, 0.15) is 0 Å². The van der Waals surface area contributed by atoms with Crippen molar-refractivity contribution in [3.8, 4) is 11.4 Å². The predicted octanol–water partition coefficient (Wildman–Crippen LogP) is 3.65. The van der Waals surface area contributed by atoms with E-state index in [0.717, 1.165) is 12.0 Å². The number of halogens is 1. The standard InChI is InChI=1S/C17H17ClN4OS2/c1-22-16(13-6-2-3-7-14(13)18)20-21-17(22)25-11-15(23)19-9-8-12-5-4-10-24-12/h2-7,10H,8-9,11H2,1H3,(H,19,23). The third kappa shape index (κ3) is 4.62. The molecule has 0 atom stereocenters. The zero-order valence-corrected chi connectivity index (χ0v) is 16.0. The van der Waals surface area contributed by atoms with Gasteiger partial charge in [-0.2, -0.15) is 0 Å². The van der Waals surface area contributed by atoms with Crippen LogP contribution in [0.4, 0.5) is 0 Å². The Morgan fingerprint density at radius 1 is 1.28 bits per heavy atom. The van der Waals surface area contributed by atoms with Crippen molar-refractivity contribution in [3.63, 3.8) is 0 Å². The van der Waals surface area contributed by atoms with Crippen molar-refractivity contribution in [2.75, 3.05) is 12.3 Å². The van der Waals surface area contributed by atoms with Crippen LogP contribution in [-0.2, 0) is 18.3 Å². The largest absolute Gasteiger partial charge is 0.355 e. The molecule has 0 spiro atoms. The summed E-state index contributed by atoms with van der Waals surface area (Å²) in [5.41, 5.74) is 0.825. The van der Waals surface area contributed by atoms with Gasteiger partial charge in [0.15, 0.2) is 11.0 Å². The van der Waals surface area contributed by atoms with Gasteiger partial charge >= 0.3 is 0 Å². The number of thiophene rings is 1. The van der Waals surface area contributed by atoms with Gasteiger partial charge in [-0.25, -0.2) is 0 Å². The Morgan fingerprint density at radius 2 is 2.12 bits per heavy atom. The molecule has 2 heterocycles. The molecule has 0 aliphatic rings. The monoisotopic (exact) mass is 392 g/mol. The molecule has 0 aliphatic heterocycles. The van der Waals surface area contributed by atoms with Crippen LogP contribution in [0.25, 0.3) is 11.4 Å². The Balaban J connectivity index is 1.53. The lowest BCUT2D eigenvalue weighted by Crippen LogP contribution is -2.27. The summed E-state index contributed by atoms with van der Waals surface area (Å²) in [5, 5.41) is 14.6. The molecule has 3 aromatic rings. The van der Waals surface area contributed by atoms with Gasteiger partial charge in [-0.05, 0) is 30.0 Å². The van der Waals surface area contributed by atoms with Crippen LogP contribution >= 0.6 is 34.7 Å². The van der Waals surface area contributed by atoms with Gasteiger partial charge in [0, 0.05) is 24.0 Å². The van der Waals surface area contributed by atoms with Crippen molar-refractivity contribution in [1.29, 1.82) is 0 Å². The van der Waals surface area contributed by atoms with Crippen LogP contribution in [0.2, 0.25) is 5.02 Å². The number of amides is 1. The van der Waals surface area contributed by atoms with E-state index in [1.165, 1.54) is 16.6 Å². The van der Waals surface area contributed by atoms with Crippen molar-refractivity contribution in [3.05, 3.63) is 51.7 Å². The van der Waals surface area contributed by atoms with Crippen molar-refractivity contribution >= 4 is 40.6 Å². The zero-order chi connectivity index (χ0) is 17.6. The number of nitrogens with zero attached hydrogens (tertiary/aromatic N) is 3. The van der Waals surface area contributed by atoms with E-state index in [1.807, 2.05) is 47.3 Å². The summed E-state index contributed by atoms with van der Waals surface area (Å²) in [7, 11) is 1.87. The molecule has 0 fully saturated rings. The minimum atomic E-state index is -0.0103. The predicted molar refractivity (Wildman–Crippen MR) is 103 cm³/mol. The number of carbonyl (C=O) groups excluding carboxylic acids is 1. The lowest BCUT2D eigenvalue weighted by atomic mass is 10.2. The second-order valence-corrected chi connectivity index (χ2v) is 7.69. The van der Waals surface area contributed by atoms with Gasteiger partial charge in [-0.1, -0.05) is 41.6 Å². The normalized spacial score (nSPS) is 10.8. The molecule has 0 radical (unpaired) electrons. The Bertz CT molecular complexity index is 848. The van der Waals surface area contributed by atoms with Gasteiger partial charge in [0.05, 0.1) is 10.8 Å². The van der Waals surface area contributed by atoms with Gasteiger partial charge in [-0.3, -0.25) is 4.79 Å². The lowest BCUT2D eigenvalue weighted by molar-refractivity contribution is -0.118. The number of nitrogens with one attached hydrogen (secondary N) is 1. The molecule has 1 amide bonds. The topological polar surface area (TPSA) is 59.8 Å². The Morgan fingerprint density at radius 3 is 2.88 bits per heavy atom.